The molecule has 2 rings (SSSR count). The predicted octanol–water partition coefficient (Wildman–Crippen LogP) is 2.94. The van der Waals surface area contributed by atoms with Crippen molar-refractivity contribution in [1.82, 2.24) is 4.98 Å². The molecule has 2 N–H and O–H groups in total. The summed E-state index contributed by atoms with van der Waals surface area (Å²) in [6, 6.07) is 5.22. The Kier molecular flexibility index (Phi) is 4.99. The van der Waals surface area contributed by atoms with E-state index in [-0.39, 0.29) is 12.3 Å². The first kappa shape index (κ1) is 15.1. The number of carboxylic acids is 1. The molecule has 0 saturated carbocycles. The number of rotatable bonds is 6. The standard InChI is InChI=1S/C14H13FN2O3S/c15-10-6-4-9(5-7-10)13(20)17-14-16-11(8-21-14)2-1-3-12(18)19/h4-8H,1-3H2,(H,18,19)(H,16,17,20). The van der Waals surface area contributed by atoms with Crippen molar-refractivity contribution in [2.75, 3.05) is 5.32 Å². The Bertz CT molecular complexity index is 640. The molecule has 0 aliphatic heterocycles. The van der Waals surface area contributed by atoms with E-state index in [1.54, 1.807) is 5.38 Å². The third kappa shape index (κ3) is 4.64. The van der Waals surface area contributed by atoms with Crippen LogP contribution in [0.5, 0.6) is 0 Å². The van der Waals surface area contributed by atoms with Crippen molar-refractivity contribution < 1.29 is 19.1 Å². The lowest BCUT2D eigenvalue weighted by Crippen LogP contribution is -2.11. The number of carbonyl (C=O) groups excluding carboxylic acids is 1. The third-order valence-corrected chi connectivity index (χ3v) is 3.51. The first-order chi connectivity index (χ1) is 10.0. The van der Waals surface area contributed by atoms with Crippen LogP contribution in [-0.4, -0.2) is 22.0 Å². The second-order valence-electron chi connectivity index (χ2n) is 4.35. The van der Waals surface area contributed by atoms with E-state index in [1.807, 2.05) is 0 Å². The van der Waals surface area contributed by atoms with Crippen molar-refractivity contribution in [1.29, 1.82) is 0 Å². The maximum absolute atomic E-state index is 12.8. The highest BCUT2D eigenvalue weighted by atomic mass is 32.1. The molecule has 0 fully saturated rings. The number of aryl methyl sites for hydroxylation is 1. The molecule has 0 radical (unpaired) electrons. The van der Waals surface area contributed by atoms with Crippen molar-refractivity contribution in [2.45, 2.75) is 19.3 Å². The summed E-state index contributed by atoms with van der Waals surface area (Å²) in [5, 5.41) is 13.4. The summed E-state index contributed by atoms with van der Waals surface area (Å²) in [5.74, 6) is -1.60. The van der Waals surface area contributed by atoms with Gasteiger partial charge in [0.1, 0.15) is 5.82 Å². The maximum atomic E-state index is 12.8. The van der Waals surface area contributed by atoms with E-state index >= 15 is 0 Å². The van der Waals surface area contributed by atoms with Crippen LogP contribution in [0.15, 0.2) is 29.6 Å². The van der Waals surface area contributed by atoms with Crippen LogP contribution in [0.25, 0.3) is 0 Å². The summed E-state index contributed by atoms with van der Waals surface area (Å²) >= 11 is 1.27. The highest BCUT2D eigenvalue weighted by Gasteiger charge is 2.09. The smallest absolute Gasteiger partial charge is 0.303 e. The number of benzene rings is 1. The molecule has 0 aliphatic rings. The van der Waals surface area contributed by atoms with Gasteiger partial charge in [-0.15, -0.1) is 11.3 Å². The van der Waals surface area contributed by atoms with E-state index in [1.165, 1.54) is 35.6 Å². The molecule has 1 aromatic heterocycles. The number of hydrogen-bond donors (Lipinski definition) is 2. The second kappa shape index (κ2) is 6.94. The van der Waals surface area contributed by atoms with Crippen LogP contribution >= 0.6 is 11.3 Å². The molecule has 1 amide bonds. The molecule has 7 heteroatoms. The van der Waals surface area contributed by atoms with Gasteiger partial charge in [0.05, 0.1) is 5.69 Å². The molecule has 5 nitrogen and oxygen atoms in total. The lowest BCUT2D eigenvalue weighted by molar-refractivity contribution is -0.137. The fraction of sp³-hybridized carbons (Fsp3) is 0.214. The molecule has 0 atom stereocenters. The summed E-state index contributed by atoms with van der Waals surface area (Å²) in [4.78, 5) is 26.5. The average molecular weight is 308 g/mol. The maximum Gasteiger partial charge on any atom is 0.303 e. The van der Waals surface area contributed by atoms with Crippen molar-refractivity contribution in [3.8, 4) is 0 Å². The van der Waals surface area contributed by atoms with Gasteiger partial charge in [-0.2, -0.15) is 0 Å². The molecular weight excluding hydrogens is 295 g/mol. The summed E-state index contributed by atoms with van der Waals surface area (Å²) in [6.45, 7) is 0. The summed E-state index contributed by atoms with van der Waals surface area (Å²) in [6.07, 6.45) is 1.15. The molecule has 1 aromatic carbocycles. The fourth-order valence-electron chi connectivity index (χ4n) is 1.67. The van der Waals surface area contributed by atoms with E-state index in [2.05, 4.69) is 10.3 Å². The monoisotopic (exact) mass is 308 g/mol. The first-order valence-corrected chi connectivity index (χ1v) is 7.15. The highest BCUT2D eigenvalue weighted by Crippen LogP contribution is 2.18. The van der Waals surface area contributed by atoms with Crippen molar-refractivity contribution >= 4 is 28.3 Å². The number of halogens is 1. The number of aromatic nitrogens is 1. The molecule has 0 aliphatic carbocycles. The molecule has 0 bridgehead atoms. The number of hydrogen-bond acceptors (Lipinski definition) is 4. The topological polar surface area (TPSA) is 79.3 Å². The molecule has 110 valence electrons. The normalized spacial score (nSPS) is 10.3. The number of nitrogens with one attached hydrogen (secondary N) is 1. The van der Waals surface area contributed by atoms with E-state index in [0.717, 1.165) is 5.69 Å². The molecule has 0 unspecified atom stereocenters. The third-order valence-electron chi connectivity index (χ3n) is 2.70. The summed E-state index contributed by atoms with van der Waals surface area (Å²) < 4.78 is 12.8. The van der Waals surface area contributed by atoms with E-state index in [4.69, 9.17) is 5.11 Å². The number of carboxylic acid groups (broad SMARTS) is 1. The van der Waals surface area contributed by atoms with Crippen molar-refractivity contribution in [3.05, 3.63) is 46.7 Å². The Balaban J connectivity index is 1.91. The van der Waals surface area contributed by atoms with Gasteiger partial charge < -0.3 is 5.11 Å². The average Bonchev–Trinajstić information content (AvgIpc) is 2.86. The Labute approximate surface area is 124 Å². The summed E-state index contributed by atoms with van der Waals surface area (Å²) in [7, 11) is 0. The van der Waals surface area contributed by atoms with Gasteiger partial charge in [0, 0.05) is 17.4 Å². The van der Waals surface area contributed by atoms with E-state index < -0.39 is 11.8 Å². The predicted molar refractivity (Wildman–Crippen MR) is 77.0 cm³/mol. The van der Waals surface area contributed by atoms with Crippen LogP contribution in [0.2, 0.25) is 0 Å². The minimum Gasteiger partial charge on any atom is -0.481 e. The van der Waals surface area contributed by atoms with Crippen LogP contribution < -0.4 is 5.32 Å². The Hall–Kier alpha value is -2.28. The van der Waals surface area contributed by atoms with Crippen LogP contribution in [0.1, 0.15) is 28.9 Å². The second-order valence-corrected chi connectivity index (χ2v) is 5.21. The quantitative estimate of drug-likeness (QED) is 0.860. The lowest BCUT2D eigenvalue weighted by Gasteiger charge is -2.01. The van der Waals surface area contributed by atoms with Gasteiger partial charge in [0.15, 0.2) is 5.13 Å². The lowest BCUT2D eigenvalue weighted by atomic mass is 10.2. The van der Waals surface area contributed by atoms with Crippen LogP contribution in [-0.2, 0) is 11.2 Å². The van der Waals surface area contributed by atoms with Crippen molar-refractivity contribution in [3.63, 3.8) is 0 Å². The summed E-state index contributed by atoms with van der Waals surface area (Å²) in [5.41, 5.74) is 1.09. The fourth-order valence-corrected chi connectivity index (χ4v) is 2.41. The largest absolute Gasteiger partial charge is 0.481 e. The Morgan fingerprint density at radius 3 is 2.67 bits per heavy atom. The number of nitrogens with zero attached hydrogens (tertiary/aromatic N) is 1. The first-order valence-electron chi connectivity index (χ1n) is 6.28. The van der Waals surface area contributed by atoms with Crippen LogP contribution in [0, 0.1) is 5.82 Å². The minimum atomic E-state index is -0.838. The van der Waals surface area contributed by atoms with Gasteiger partial charge in [0.25, 0.3) is 5.91 Å². The minimum absolute atomic E-state index is 0.0921. The zero-order valence-electron chi connectivity index (χ0n) is 11.0. The number of carbonyl (C=O) groups is 2. The SMILES string of the molecule is O=C(O)CCCc1csc(NC(=O)c2ccc(F)cc2)n1. The van der Waals surface area contributed by atoms with Crippen LogP contribution in [0.4, 0.5) is 9.52 Å². The Morgan fingerprint density at radius 1 is 1.29 bits per heavy atom. The number of aliphatic carboxylic acids is 1. The van der Waals surface area contributed by atoms with Gasteiger partial charge in [-0.05, 0) is 37.1 Å². The molecule has 0 spiro atoms. The van der Waals surface area contributed by atoms with E-state index in [9.17, 15) is 14.0 Å². The molecule has 0 saturated heterocycles. The number of anilines is 1. The Morgan fingerprint density at radius 2 is 2.00 bits per heavy atom. The van der Waals surface area contributed by atoms with E-state index in [0.29, 0.717) is 23.5 Å². The van der Waals surface area contributed by atoms with Gasteiger partial charge in [-0.25, -0.2) is 9.37 Å². The highest BCUT2D eigenvalue weighted by molar-refractivity contribution is 7.13. The van der Waals surface area contributed by atoms with Gasteiger partial charge >= 0.3 is 5.97 Å². The van der Waals surface area contributed by atoms with Crippen molar-refractivity contribution in [2.24, 2.45) is 0 Å². The van der Waals surface area contributed by atoms with Crippen LogP contribution in [0.3, 0.4) is 0 Å². The number of thiazole rings is 1. The molecule has 1 heterocycles. The van der Waals surface area contributed by atoms with Gasteiger partial charge in [-0.3, -0.25) is 14.9 Å². The molecule has 2 aromatic rings. The van der Waals surface area contributed by atoms with Gasteiger partial charge in [0.2, 0.25) is 0 Å². The molecular formula is C14H13FN2O3S. The number of amides is 1. The zero-order valence-corrected chi connectivity index (χ0v) is 11.8. The molecule has 21 heavy (non-hydrogen) atoms. The van der Waals surface area contributed by atoms with Gasteiger partial charge in [-0.1, -0.05) is 0 Å². The zero-order chi connectivity index (χ0) is 15.2.